The average molecular weight is 425 g/mol. The third-order valence-corrected chi connectivity index (χ3v) is 5.76. The minimum absolute atomic E-state index is 0.150. The first-order valence-electron chi connectivity index (χ1n) is 7.91. The maximum Gasteiger partial charge on any atom is 0.350 e. The molecule has 12 heteroatoms. The fourth-order valence-electron chi connectivity index (χ4n) is 2.38. The molecule has 0 saturated heterocycles. The molecule has 148 valence electrons. The lowest BCUT2D eigenvalue weighted by Gasteiger charge is -2.26. The lowest BCUT2D eigenvalue weighted by atomic mass is 10.2. The van der Waals surface area contributed by atoms with E-state index in [1.807, 2.05) is 0 Å². The number of ether oxygens (including phenoxy) is 2. The molecule has 0 atom stereocenters. The average Bonchev–Trinajstić information content (AvgIpc) is 3.12. The Balaban J connectivity index is 1.57. The highest BCUT2D eigenvalue weighted by atomic mass is 32.2. The van der Waals surface area contributed by atoms with Crippen molar-refractivity contribution in [1.29, 1.82) is 0 Å². The summed E-state index contributed by atoms with van der Waals surface area (Å²) in [5.41, 5.74) is 0.418. The molecule has 1 aromatic rings. The highest BCUT2D eigenvalue weighted by Gasteiger charge is 2.25. The molecule has 2 aliphatic heterocycles. The SMILES string of the molecule is COC(=O)c1sccc1NC(=O)COC(=O)C1=CN2CCS(=O)(=O)N=C2C=C1. The number of hydrogen-bond donors (Lipinski definition) is 1. The largest absolute Gasteiger partial charge is 0.465 e. The number of anilines is 1. The summed E-state index contributed by atoms with van der Waals surface area (Å²) < 4.78 is 36.2. The molecule has 0 radical (unpaired) electrons. The molecule has 1 amide bonds. The van der Waals surface area contributed by atoms with Gasteiger partial charge in [0.2, 0.25) is 0 Å². The number of rotatable bonds is 5. The number of thiophene rings is 1. The number of hydrogen-bond acceptors (Lipinski definition) is 9. The van der Waals surface area contributed by atoms with Crippen molar-refractivity contribution in [2.24, 2.45) is 4.40 Å². The molecule has 1 N–H and O–H groups in total. The minimum atomic E-state index is -3.48. The maximum atomic E-state index is 12.1. The number of nitrogens with one attached hydrogen (secondary N) is 1. The monoisotopic (exact) mass is 425 g/mol. The number of amidine groups is 1. The molecular weight excluding hydrogens is 410 g/mol. The molecule has 0 unspecified atom stereocenters. The second kappa shape index (κ2) is 7.94. The molecule has 28 heavy (non-hydrogen) atoms. The highest BCUT2D eigenvalue weighted by molar-refractivity contribution is 7.90. The zero-order chi connectivity index (χ0) is 20.3. The number of carbonyl (C=O) groups is 3. The molecular formula is C16H15N3O7S2. The smallest absolute Gasteiger partial charge is 0.350 e. The number of nitrogens with zero attached hydrogens (tertiary/aromatic N) is 2. The third kappa shape index (κ3) is 4.46. The molecule has 2 aliphatic rings. The first kappa shape index (κ1) is 19.8. The molecule has 0 spiro atoms. The quantitative estimate of drug-likeness (QED) is 0.675. The molecule has 0 aliphatic carbocycles. The van der Waals surface area contributed by atoms with E-state index in [1.165, 1.54) is 36.4 Å². The summed E-state index contributed by atoms with van der Waals surface area (Å²) in [5, 5.41) is 4.09. The van der Waals surface area contributed by atoms with Gasteiger partial charge < -0.3 is 19.7 Å². The molecule has 0 bridgehead atoms. The van der Waals surface area contributed by atoms with Crippen LogP contribution in [0.2, 0.25) is 0 Å². The van der Waals surface area contributed by atoms with Crippen LogP contribution in [0.25, 0.3) is 0 Å². The van der Waals surface area contributed by atoms with E-state index in [-0.39, 0.29) is 34.3 Å². The number of methoxy groups -OCH3 is 1. The van der Waals surface area contributed by atoms with Gasteiger partial charge in [0.25, 0.3) is 15.9 Å². The second-order valence-corrected chi connectivity index (χ2v) is 8.30. The predicted molar refractivity (Wildman–Crippen MR) is 100 cm³/mol. The van der Waals surface area contributed by atoms with Crippen molar-refractivity contribution in [2.45, 2.75) is 0 Å². The van der Waals surface area contributed by atoms with Gasteiger partial charge in [0.15, 0.2) is 6.61 Å². The number of amides is 1. The number of fused-ring (bicyclic) bond motifs is 1. The standard InChI is InChI=1S/C16H15N3O7S2/c1-25-16(22)14-11(4-6-27-14)17-13(20)9-26-15(21)10-2-3-12-18-28(23,24)7-5-19(12)8-10/h2-4,6,8H,5,7,9H2,1H3,(H,17,20). The summed E-state index contributed by atoms with van der Waals surface area (Å²) in [6, 6.07) is 1.54. The summed E-state index contributed by atoms with van der Waals surface area (Å²) in [6.45, 7) is -0.396. The van der Waals surface area contributed by atoms with Crippen molar-refractivity contribution in [2.75, 3.05) is 31.3 Å². The summed E-state index contributed by atoms with van der Waals surface area (Å²) >= 11 is 1.11. The van der Waals surface area contributed by atoms with Crippen molar-refractivity contribution in [3.05, 3.63) is 40.2 Å². The van der Waals surface area contributed by atoms with Gasteiger partial charge in [0, 0.05) is 12.7 Å². The summed E-state index contributed by atoms with van der Waals surface area (Å²) in [7, 11) is -2.25. The van der Waals surface area contributed by atoms with E-state index in [9.17, 15) is 22.8 Å². The molecule has 0 aromatic carbocycles. The molecule has 3 rings (SSSR count). The van der Waals surface area contributed by atoms with Crippen LogP contribution in [0, 0.1) is 0 Å². The Morgan fingerprint density at radius 2 is 2.07 bits per heavy atom. The molecule has 0 saturated carbocycles. The van der Waals surface area contributed by atoms with Gasteiger partial charge in [-0.2, -0.15) is 0 Å². The van der Waals surface area contributed by atoms with Gasteiger partial charge in [-0.1, -0.05) is 0 Å². The number of sulfonamides is 1. The van der Waals surface area contributed by atoms with Crippen LogP contribution in [-0.4, -0.2) is 63.0 Å². The predicted octanol–water partition coefficient (Wildman–Crippen LogP) is 0.514. The van der Waals surface area contributed by atoms with Gasteiger partial charge in [-0.15, -0.1) is 15.7 Å². The first-order chi connectivity index (χ1) is 13.3. The summed E-state index contributed by atoms with van der Waals surface area (Å²) in [4.78, 5) is 37.5. The van der Waals surface area contributed by atoms with Crippen LogP contribution in [0.1, 0.15) is 9.67 Å². The van der Waals surface area contributed by atoms with Gasteiger partial charge >= 0.3 is 11.9 Å². The van der Waals surface area contributed by atoms with Crippen LogP contribution in [0.4, 0.5) is 5.69 Å². The van der Waals surface area contributed by atoms with Gasteiger partial charge in [-0.05, 0) is 23.6 Å². The van der Waals surface area contributed by atoms with Gasteiger partial charge in [-0.3, -0.25) is 4.79 Å². The topological polar surface area (TPSA) is 131 Å². The fraction of sp³-hybridized carbons (Fsp3) is 0.250. The summed E-state index contributed by atoms with van der Waals surface area (Å²) in [6.07, 6.45) is 4.17. The fourth-order valence-corrected chi connectivity index (χ4v) is 4.12. The molecule has 3 heterocycles. The second-order valence-electron chi connectivity index (χ2n) is 5.63. The zero-order valence-corrected chi connectivity index (χ0v) is 16.2. The zero-order valence-electron chi connectivity index (χ0n) is 14.6. The van der Waals surface area contributed by atoms with Gasteiger partial charge in [0.05, 0.1) is 24.1 Å². The van der Waals surface area contributed by atoms with E-state index in [0.717, 1.165) is 11.3 Å². The van der Waals surface area contributed by atoms with Crippen LogP contribution in [0.15, 0.2) is 39.8 Å². The van der Waals surface area contributed by atoms with Crippen LogP contribution in [0.3, 0.4) is 0 Å². The molecule has 10 nitrogen and oxygen atoms in total. The normalized spacial score (nSPS) is 17.1. The third-order valence-electron chi connectivity index (χ3n) is 3.70. The van der Waals surface area contributed by atoms with E-state index in [4.69, 9.17) is 4.74 Å². The Kier molecular flexibility index (Phi) is 5.61. The first-order valence-corrected chi connectivity index (χ1v) is 10.4. The Labute approximate surface area is 164 Å². The van der Waals surface area contributed by atoms with E-state index in [1.54, 1.807) is 5.38 Å². The Morgan fingerprint density at radius 1 is 1.29 bits per heavy atom. The van der Waals surface area contributed by atoms with Crippen LogP contribution >= 0.6 is 11.3 Å². The van der Waals surface area contributed by atoms with Crippen molar-refractivity contribution >= 4 is 50.7 Å². The summed E-state index contributed by atoms with van der Waals surface area (Å²) in [5.74, 6) is -1.90. The highest BCUT2D eigenvalue weighted by Crippen LogP contribution is 2.23. The maximum absolute atomic E-state index is 12.1. The van der Waals surface area contributed by atoms with Crippen LogP contribution < -0.4 is 5.32 Å². The Morgan fingerprint density at radius 3 is 2.82 bits per heavy atom. The van der Waals surface area contributed by atoms with Gasteiger partial charge in [-0.25, -0.2) is 18.0 Å². The Bertz CT molecular complexity index is 1020. The number of carbonyl (C=O) groups excluding carboxylic acids is 3. The van der Waals surface area contributed by atoms with Crippen molar-refractivity contribution in [3.8, 4) is 0 Å². The molecule has 0 fully saturated rings. The van der Waals surface area contributed by atoms with E-state index in [2.05, 4.69) is 14.5 Å². The number of esters is 2. The molecule has 1 aromatic heterocycles. The van der Waals surface area contributed by atoms with Crippen molar-refractivity contribution in [3.63, 3.8) is 0 Å². The van der Waals surface area contributed by atoms with Crippen LogP contribution in [-0.2, 0) is 29.1 Å². The van der Waals surface area contributed by atoms with Crippen molar-refractivity contribution < 1.29 is 32.3 Å². The minimum Gasteiger partial charge on any atom is -0.465 e. The Hall–Kier alpha value is -2.99. The van der Waals surface area contributed by atoms with E-state index in [0.29, 0.717) is 0 Å². The van der Waals surface area contributed by atoms with Crippen molar-refractivity contribution in [1.82, 2.24) is 4.90 Å². The lowest BCUT2D eigenvalue weighted by Crippen LogP contribution is -2.37. The van der Waals surface area contributed by atoms with Crippen LogP contribution in [0.5, 0.6) is 0 Å². The lowest BCUT2D eigenvalue weighted by molar-refractivity contribution is -0.143. The van der Waals surface area contributed by atoms with E-state index < -0.39 is 34.5 Å². The van der Waals surface area contributed by atoms with Gasteiger partial charge in [0.1, 0.15) is 10.7 Å². The van der Waals surface area contributed by atoms with E-state index >= 15 is 0 Å².